The van der Waals surface area contributed by atoms with Crippen LogP contribution in [0.4, 0.5) is 10.2 Å². The third-order valence-corrected chi connectivity index (χ3v) is 3.70. The number of rotatable bonds is 3. The average molecular weight is 351 g/mol. The minimum atomic E-state index is -0.500. The lowest BCUT2D eigenvalue weighted by Crippen LogP contribution is -2.13. The van der Waals surface area contributed by atoms with E-state index in [0.717, 1.165) is 0 Å². The molecule has 4 nitrogen and oxygen atoms in total. The van der Waals surface area contributed by atoms with Crippen molar-refractivity contribution in [1.29, 1.82) is 0 Å². The molecule has 0 aliphatic rings. The summed E-state index contributed by atoms with van der Waals surface area (Å²) >= 11 is 12.0. The predicted molar refractivity (Wildman–Crippen MR) is 86.3 cm³/mol. The fourth-order valence-corrected chi connectivity index (χ4v) is 2.55. The van der Waals surface area contributed by atoms with Gasteiger partial charge in [-0.05, 0) is 36.4 Å². The molecule has 0 fully saturated rings. The second kappa shape index (κ2) is 6.40. The summed E-state index contributed by atoms with van der Waals surface area (Å²) in [5, 5.41) is 6.77. The first kappa shape index (κ1) is 15.5. The number of hydrogen-bond donors (Lipinski definition) is 1. The first-order chi connectivity index (χ1) is 11.0. The number of anilines is 1. The van der Waals surface area contributed by atoms with Gasteiger partial charge in [0.2, 0.25) is 0 Å². The van der Waals surface area contributed by atoms with E-state index >= 15 is 0 Å². The number of hydrogen-bond acceptors (Lipinski definition) is 3. The third-order valence-electron chi connectivity index (χ3n) is 3.07. The van der Waals surface area contributed by atoms with Crippen molar-refractivity contribution in [1.82, 2.24) is 5.16 Å². The maximum Gasteiger partial charge on any atom is 0.259 e. The van der Waals surface area contributed by atoms with E-state index in [-0.39, 0.29) is 27.2 Å². The van der Waals surface area contributed by atoms with E-state index in [1.807, 2.05) is 0 Å². The monoisotopic (exact) mass is 350 g/mol. The van der Waals surface area contributed by atoms with E-state index in [2.05, 4.69) is 10.5 Å². The number of nitrogens with one attached hydrogen (secondary N) is 1. The van der Waals surface area contributed by atoms with Gasteiger partial charge in [0.25, 0.3) is 5.91 Å². The second-order valence-electron chi connectivity index (χ2n) is 4.63. The van der Waals surface area contributed by atoms with Crippen LogP contribution in [-0.4, -0.2) is 11.1 Å². The van der Waals surface area contributed by atoms with E-state index in [1.165, 1.54) is 18.2 Å². The molecule has 0 saturated carbocycles. The number of amides is 1. The molecule has 7 heteroatoms. The normalized spacial score (nSPS) is 10.6. The molecule has 1 amide bonds. The molecule has 0 spiro atoms. The van der Waals surface area contributed by atoms with Gasteiger partial charge in [0, 0.05) is 11.6 Å². The largest absolute Gasteiger partial charge is 0.354 e. The van der Waals surface area contributed by atoms with Crippen molar-refractivity contribution < 1.29 is 13.7 Å². The Bertz CT molecular complexity index is 843. The Hall–Kier alpha value is -2.37. The third kappa shape index (κ3) is 3.36. The van der Waals surface area contributed by atoms with Crippen molar-refractivity contribution in [2.24, 2.45) is 0 Å². The molecule has 116 valence electrons. The van der Waals surface area contributed by atoms with Crippen LogP contribution >= 0.6 is 23.2 Å². The molecule has 0 saturated heterocycles. The molecule has 0 aliphatic heterocycles. The Morgan fingerprint density at radius 2 is 1.74 bits per heavy atom. The minimum absolute atomic E-state index is 0.155. The first-order valence-corrected chi connectivity index (χ1v) is 7.28. The van der Waals surface area contributed by atoms with Gasteiger partial charge in [0.05, 0.1) is 15.6 Å². The lowest BCUT2D eigenvalue weighted by Gasteiger charge is -2.05. The molecule has 1 heterocycles. The zero-order chi connectivity index (χ0) is 16.4. The van der Waals surface area contributed by atoms with Crippen LogP contribution in [-0.2, 0) is 0 Å². The molecular weight excluding hydrogens is 342 g/mol. The SMILES string of the molecule is O=C(Nc1cc(-c2ccc(F)cc2)on1)c1c(Cl)cccc1Cl. The fourth-order valence-electron chi connectivity index (χ4n) is 1.98. The number of halogens is 3. The van der Waals surface area contributed by atoms with Crippen LogP contribution in [0.2, 0.25) is 10.0 Å². The van der Waals surface area contributed by atoms with Gasteiger partial charge >= 0.3 is 0 Å². The van der Waals surface area contributed by atoms with Crippen molar-refractivity contribution >= 4 is 34.9 Å². The molecule has 3 aromatic rings. The molecule has 0 aliphatic carbocycles. The highest BCUT2D eigenvalue weighted by Gasteiger charge is 2.16. The van der Waals surface area contributed by atoms with E-state index in [9.17, 15) is 9.18 Å². The summed E-state index contributed by atoms with van der Waals surface area (Å²) in [6.45, 7) is 0. The van der Waals surface area contributed by atoms with Crippen LogP contribution in [0.5, 0.6) is 0 Å². The molecular formula is C16H9Cl2FN2O2. The van der Waals surface area contributed by atoms with Crippen molar-refractivity contribution in [2.45, 2.75) is 0 Å². The lowest BCUT2D eigenvalue weighted by atomic mass is 10.1. The van der Waals surface area contributed by atoms with E-state index in [1.54, 1.807) is 30.3 Å². The lowest BCUT2D eigenvalue weighted by molar-refractivity contribution is 0.102. The number of nitrogens with zero attached hydrogens (tertiary/aromatic N) is 1. The Kier molecular flexibility index (Phi) is 4.32. The van der Waals surface area contributed by atoms with Crippen LogP contribution in [0, 0.1) is 5.82 Å². The molecule has 0 atom stereocenters. The van der Waals surface area contributed by atoms with Crippen LogP contribution in [0.3, 0.4) is 0 Å². The highest BCUT2D eigenvalue weighted by atomic mass is 35.5. The second-order valence-corrected chi connectivity index (χ2v) is 5.45. The van der Waals surface area contributed by atoms with Crippen molar-refractivity contribution in [3.05, 3.63) is 70.0 Å². The molecule has 23 heavy (non-hydrogen) atoms. The number of carbonyl (C=O) groups is 1. The predicted octanol–water partition coefficient (Wildman–Crippen LogP) is 5.04. The fraction of sp³-hybridized carbons (Fsp3) is 0. The van der Waals surface area contributed by atoms with Gasteiger partial charge in [-0.2, -0.15) is 0 Å². The van der Waals surface area contributed by atoms with Crippen LogP contribution in [0.1, 0.15) is 10.4 Å². The smallest absolute Gasteiger partial charge is 0.259 e. The van der Waals surface area contributed by atoms with Crippen molar-refractivity contribution in [3.63, 3.8) is 0 Å². The standard InChI is InChI=1S/C16H9Cl2FN2O2/c17-11-2-1-3-12(18)15(11)16(22)20-14-8-13(23-21-14)9-4-6-10(19)7-5-9/h1-8H,(H,20,21,22). The van der Waals surface area contributed by atoms with Gasteiger partial charge < -0.3 is 9.84 Å². The topological polar surface area (TPSA) is 55.1 Å². The number of benzene rings is 2. The maximum atomic E-state index is 12.9. The molecule has 0 bridgehead atoms. The van der Waals surface area contributed by atoms with Gasteiger partial charge in [0.1, 0.15) is 5.82 Å². The molecule has 3 rings (SSSR count). The average Bonchev–Trinajstić information content (AvgIpc) is 2.96. The van der Waals surface area contributed by atoms with Gasteiger partial charge in [-0.3, -0.25) is 4.79 Å². The highest BCUT2D eigenvalue weighted by Crippen LogP contribution is 2.26. The minimum Gasteiger partial charge on any atom is -0.354 e. The summed E-state index contributed by atoms with van der Waals surface area (Å²) in [6.07, 6.45) is 0. The van der Waals surface area contributed by atoms with Gasteiger partial charge in [0.15, 0.2) is 11.6 Å². The van der Waals surface area contributed by atoms with E-state index < -0.39 is 5.91 Å². The van der Waals surface area contributed by atoms with E-state index in [4.69, 9.17) is 27.7 Å². The van der Waals surface area contributed by atoms with Crippen molar-refractivity contribution in [2.75, 3.05) is 5.32 Å². The molecule has 1 aromatic heterocycles. The summed E-state index contributed by atoms with van der Waals surface area (Å²) in [7, 11) is 0. The maximum absolute atomic E-state index is 12.9. The van der Waals surface area contributed by atoms with Gasteiger partial charge in [-0.15, -0.1) is 0 Å². The van der Waals surface area contributed by atoms with Crippen LogP contribution in [0.25, 0.3) is 11.3 Å². The number of carbonyl (C=O) groups excluding carboxylic acids is 1. The number of aromatic nitrogens is 1. The highest BCUT2D eigenvalue weighted by molar-refractivity contribution is 6.40. The summed E-state index contributed by atoms with van der Waals surface area (Å²) < 4.78 is 18.0. The Morgan fingerprint density at radius 1 is 1.09 bits per heavy atom. The summed E-state index contributed by atoms with van der Waals surface area (Å²) in [6, 6.07) is 12.0. The Balaban J connectivity index is 1.82. The summed E-state index contributed by atoms with van der Waals surface area (Å²) in [5.41, 5.74) is 0.789. The van der Waals surface area contributed by atoms with Gasteiger partial charge in [-0.1, -0.05) is 34.4 Å². The zero-order valence-electron chi connectivity index (χ0n) is 11.5. The van der Waals surface area contributed by atoms with Gasteiger partial charge in [-0.25, -0.2) is 4.39 Å². The van der Waals surface area contributed by atoms with Crippen molar-refractivity contribution in [3.8, 4) is 11.3 Å². The molecule has 0 unspecified atom stereocenters. The summed E-state index contributed by atoms with van der Waals surface area (Å²) in [5.74, 6) is -0.259. The molecule has 1 N–H and O–H groups in total. The van der Waals surface area contributed by atoms with E-state index in [0.29, 0.717) is 11.3 Å². The Morgan fingerprint density at radius 3 is 2.39 bits per heavy atom. The quantitative estimate of drug-likeness (QED) is 0.719. The first-order valence-electron chi connectivity index (χ1n) is 6.52. The Labute approximate surface area is 140 Å². The van der Waals surface area contributed by atoms with Crippen LogP contribution < -0.4 is 5.32 Å². The zero-order valence-corrected chi connectivity index (χ0v) is 13.0. The van der Waals surface area contributed by atoms with Crippen LogP contribution in [0.15, 0.2) is 53.1 Å². The molecule has 2 aromatic carbocycles. The molecule has 0 radical (unpaired) electrons. The summed E-state index contributed by atoms with van der Waals surface area (Å²) in [4.78, 5) is 12.2.